The van der Waals surface area contributed by atoms with E-state index in [-0.39, 0.29) is 0 Å². The Morgan fingerprint density at radius 1 is 0.857 bits per heavy atom. The second-order valence-electron chi connectivity index (χ2n) is 3.92. The second kappa shape index (κ2) is 13.2. The van der Waals surface area contributed by atoms with Crippen molar-refractivity contribution < 1.29 is 0 Å². The molecule has 0 N–H and O–H groups in total. The Morgan fingerprint density at radius 3 is 1.86 bits per heavy atom. The first-order valence-corrected chi connectivity index (χ1v) is 7.34. The summed E-state index contributed by atoms with van der Waals surface area (Å²) in [7, 11) is 1.42. The zero-order valence-electron chi connectivity index (χ0n) is 9.80. The summed E-state index contributed by atoms with van der Waals surface area (Å²) in [5.41, 5.74) is 0. The van der Waals surface area contributed by atoms with Crippen LogP contribution in [0.3, 0.4) is 0 Å². The van der Waals surface area contributed by atoms with Crippen LogP contribution in [0.4, 0.5) is 0 Å². The normalized spacial score (nSPS) is 11.2. The maximum absolute atomic E-state index is 3.72. The van der Waals surface area contributed by atoms with Crippen molar-refractivity contribution >= 4 is 8.58 Å². The van der Waals surface area contributed by atoms with E-state index in [2.05, 4.69) is 13.5 Å². The van der Waals surface area contributed by atoms with Crippen molar-refractivity contribution in [3.8, 4) is 0 Å². The SMILES string of the molecule is C=C[P]CCCCCCCCCCC. The molecule has 1 heteroatoms. The van der Waals surface area contributed by atoms with Gasteiger partial charge in [-0.3, -0.25) is 0 Å². The smallest absolute Gasteiger partial charge is 0.0250 e. The molecule has 0 aliphatic rings. The van der Waals surface area contributed by atoms with E-state index in [1.165, 1.54) is 72.5 Å². The third kappa shape index (κ3) is 12.2. The fraction of sp³-hybridized carbons (Fsp3) is 0.846. The average molecular weight is 213 g/mol. The lowest BCUT2D eigenvalue weighted by Crippen LogP contribution is -1.81. The van der Waals surface area contributed by atoms with Crippen LogP contribution in [-0.2, 0) is 0 Å². The predicted octanol–water partition coefficient (Wildman–Crippen LogP) is 5.61. The Hall–Kier alpha value is 0.170. The van der Waals surface area contributed by atoms with Crippen molar-refractivity contribution in [2.75, 3.05) is 6.16 Å². The first-order chi connectivity index (χ1) is 6.91. The maximum atomic E-state index is 3.72. The van der Waals surface area contributed by atoms with Crippen molar-refractivity contribution in [3.05, 3.63) is 12.4 Å². The zero-order valence-corrected chi connectivity index (χ0v) is 10.7. The van der Waals surface area contributed by atoms with Gasteiger partial charge in [-0.05, 0) is 12.6 Å². The molecule has 0 aliphatic heterocycles. The van der Waals surface area contributed by atoms with Gasteiger partial charge in [0.15, 0.2) is 0 Å². The fourth-order valence-corrected chi connectivity index (χ4v) is 2.19. The quantitative estimate of drug-likeness (QED) is 0.309. The Kier molecular flexibility index (Phi) is 13.3. The van der Waals surface area contributed by atoms with Crippen LogP contribution in [0.25, 0.3) is 0 Å². The highest BCUT2D eigenvalue weighted by atomic mass is 31.1. The van der Waals surface area contributed by atoms with Gasteiger partial charge in [0.2, 0.25) is 0 Å². The Balaban J connectivity index is 2.81. The molecular weight excluding hydrogens is 187 g/mol. The third-order valence-corrected chi connectivity index (χ3v) is 3.35. The lowest BCUT2D eigenvalue weighted by Gasteiger charge is -2.00. The van der Waals surface area contributed by atoms with Crippen molar-refractivity contribution in [3.63, 3.8) is 0 Å². The van der Waals surface area contributed by atoms with Crippen LogP contribution in [0, 0.1) is 0 Å². The number of hydrogen-bond donors (Lipinski definition) is 0. The monoisotopic (exact) mass is 213 g/mol. The standard InChI is InChI=1S/C13H26P/c1-3-5-6-7-8-9-10-11-12-13-14-4-2/h4H,2-3,5-13H2,1H3. The summed E-state index contributed by atoms with van der Waals surface area (Å²) < 4.78 is 0. The lowest BCUT2D eigenvalue weighted by molar-refractivity contribution is 0.573. The van der Waals surface area contributed by atoms with Crippen molar-refractivity contribution in [2.24, 2.45) is 0 Å². The van der Waals surface area contributed by atoms with Crippen LogP contribution >= 0.6 is 8.58 Å². The summed E-state index contributed by atoms with van der Waals surface area (Å²) in [6.45, 7) is 6.00. The zero-order chi connectivity index (χ0) is 10.5. The van der Waals surface area contributed by atoms with Gasteiger partial charge in [-0.2, -0.15) is 0 Å². The summed E-state index contributed by atoms with van der Waals surface area (Å²) in [5.74, 6) is 2.00. The lowest BCUT2D eigenvalue weighted by atomic mass is 10.1. The molecular formula is C13H26P. The molecule has 0 saturated carbocycles. The fourth-order valence-electron chi connectivity index (χ4n) is 1.61. The second-order valence-corrected chi connectivity index (χ2v) is 5.09. The van der Waals surface area contributed by atoms with Gasteiger partial charge in [0.25, 0.3) is 0 Å². The molecule has 0 amide bonds. The maximum Gasteiger partial charge on any atom is -0.0250 e. The molecule has 0 aromatic carbocycles. The number of rotatable bonds is 11. The topological polar surface area (TPSA) is 0 Å². The summed E-state index contributed by atoms with van der Waals surface area (Å²) in [4.78, 5) is 0. The Labute approximate surface area is 92.3 Å². The van der Waals surface area contributed by atoms with Crippen molar-refractivity contribution in [1.82, 2.24) is 0 Å². The molecule has 0 atom stereocenters. The predicted molar refractivity (Wildman–Crippen MR) is 69.2 cm³/mol. The van der Waals surface area contributed by atoms with Crippen molar-refractivity contribution in [1.29, 1.82) is 0 Å². The van der Waals surface area contributed by atoms with E-state index in [1.54, 1.807) is 0 Å². The minimum Gasteiger partial charge on any atom is -0.0982 e. The van der Waals surface area contributed by atoms with E-state index in [1.807, 2.05) is 5.82 Å². The molecule has 0 heterocycles. The largest absolute Gasteiger partial charge is 0.0982 e. The molecule has 0 fully saturated rings. The van der Waals surface area contributed by atoms with Crippen LogP contribution in [0.2, 0.25) is 0 Å². The van der Waals surface area contributed by atoms with E-state index in [9.17, 15) is 0 Å². The Morgan fingerprint density at radius 2 is 1.36 bits per heavy atom. The molecule has 14 heavy (non-hydrogen) atoms. The van der Waals surface area contributed by atoms with E-state index in [0.717, 1.165) is 0 Å². The van der Waals surface area contributed by atoms with E-state index in [4.69, 9.17) is 0 Å². The summed E-state index contributed by atoms with van der Waals surface area (Å²) in [5, 5.41) is 0. The van der Waals surface area contributed by atoms with Gasteiger partial charge in [-0.1, -0.05) is 79.3 Å². The average Bonchev–Trinajstić information content (AvgIpc) is 2.21. The van der Waals surface area contributed by atoms with Gasteiger partial charge in [0, 0.05) is 0 Å². The van der Waals surface area contributed by atoms with Crippen LogP contribution in [0.15, 0.2) is 12.4 Å². The molecule has 83 valence electrons. The molecule has 0 spiro atoms. The molecule has 0 aromatic heterocycles. The van der Waals surface area contributed by atoms with Crippen LogP contribution in [0.1, 0.15) is 64.7 Å². The number of unbranched alkanes of at least 4 members (excludes halogenated alkanes) is 8. The summed E-state index contributed by atoms with van der Waals surface area (Å²) in [6.07, 6.45) is 14.2. The number of hydrogen-bond acceptors (Lipinski definition) is 0. The van der Waals surface area contributed by atoms with Gasteiger partial charge in [0.1, 0.15) is 0 Å². The molecule has 0 unspecified atom stereocenters. The van der Waals surface area contributed by atoms with Crippen molar-refractivity contribution in [2.45, 2.75) is 64.7 Å². The van der Waals surface area contributed by atoms with Gasteiger partial charge < -0.3 is 0 Å². The molecule has 0 nitrogen and oxygen atoms in total. The van der Waals surface area contributed by atoms with Crippen LogP contribution in [-0.4, -0.2) is 6.16 Å². The minimum atomic E-state index is 1.32. The minimum absolute atomic E-state index is 1.32. The molecule has 0 rings (SSSR count). The Bertz CT molecular complexity index is 110. The van der Waals surface area contributed by atoms with Gasteiger partial charge in [-0.15, -0.1) is 0 Å². The molecule has 0 bridgehead atoms. The van der Waals surface area contributed by atoms with Gasteiger partial charge in [-0.25, -0.2) is 0 Å². The van der Waals surface area contributed by atoms with Gasteiger partial charge >= 0.3 is 0 Å². The molecule has 0 saturated heterocycles. The van der Waals surface area contributed by atoms with Crippen LogP contribution in [0.5, 0.6) is 0 Å². The van der Waals surface area contributed by atoms with E-state index < -0.39 is 0 Å². The highest BCUT2D eigenvalue weighted by Crippen LogP contribution is 2.15. The first kappa shape index (κ1) is 14.2. The molecule has 0 aromatic rings. The van der Waals surface area contributed by atoms with Crippen LogP contribution < -0.4 is 0 Å². The molecule has 0 aliphatic carbocycles. The first-order valence-electron chi connectivity index (χ1n) is 6.19. The summed E-state index contributed by atoms with van der Waals surface area (Å²) in [6, 6.07) is 0. The van der Waals surface area contributed by atoms with E-state index >= 15 is 0 Å². The highest BCUT2D eigenvalue weighted by Gasteiger charge is 1.91. The third-order valence-electron chi connectivity index (χ3n) is 2.52. The van der Waals surface area contributed by atoms with Gasteiger partial charge in [0.05, 0.1) is 0 Å². The summed E-state index contributed by atoms with van der Waals surface area (Å²) >= 11 is 0. The van der Waals surface area contributed by atoms with E-state index in [0.29, 0.717) is 0 Å². The highest BCUT2D eigenvalue weighted by molar-refractivity contribution is 7.41. The molecule has 1 radical (unpaired) electrons.